The Labute approximate surface area is 128 Å². The number of amides is 1. The molecule has 1 heterocycles. The molecule has 0 radical (unpaired) electrons. The van der Waals surface area contributed by atoms with Crippen LogP contribution in [0.5, 0.6) is 0 Å². The molecule has 6 heteroatoms. The molecule has 5 nitrogen and oxygen atoms in total. The van der Waals surface area contributed by atoms with E-state index >= 15 is 0 Å². The van der Waals surface area contributed by atoms with E-state index < -0.39 is 0 Å². The van der Waals surface area contributed by atoms with Crippen molar-refractivity contribution < 1.29 is 18.7 Å². The second kappa shape index (κ2) is 7.02. The van der Waals surface area contributed by atoms with E-state index in [0.717, 1.165) is 24.4 Å². The first kappa shape index (κ1) is 15.9. The minimum Gasteiger partial charge on any atom is -0.469 e. The van der Waals surface area contributed by atoms with Gasteiger partial charge in [-0.25, -0.2) is 0 Å². The van der Waals surface area contributed by atoms with Gasteiger partial charge >= 0.3 is 5.97 Å². The molecule has 1 amide bonds. The Hall–Kier alpha value is -1.43. The van der Waals surface area contributed by atoms with Crippen molar-refractivity contribution in [2.24, 2.45) is 5.41 Å². The number of esters is 1. The van der Waals surface area contributed by atoms with E-state index in [0.29, 0.717) is 13.0 Å². The van der Waals surface area contributed by atoms with Gasteiger partial charge in [0.15, 0.2) is 0 Å². The molecule has 21 heavy (non-hydrogen) atoms. The number of thioether (sulfide) groups is 1. The van der Waals surface area contributed by atoms with Crippen LogP contribution in [0.4, 0.5) is 0 Å². The standard InChI is InChI=1S/C15H21NO4S/c1-11(14(18)16-9-12-4-3-7-20-12)21-10-15(5-6-15)8-13(17)19-2/h3-4,7,11H,5-6,8-10H2,1-2H3,(H,16,18). The van der Waals surface area contributed by atoms with E-state index in [4.69, 9.17) is 9.15 Å². The van der Waals surface area contributed by atoms with Crippen LogP contribution in [0, 0.1) is 5.41 Å². The number of methoxy groups -OCH3 is 1. The van der Waals surface area contributed by atoms with Crippen molar-refractivity contribution in [2.45, 2.75) is 38.0 Å². The van der Waals surface area contributed by atoms with Gasteiger partial charge in [0.1, 0.15) is 5.76 Å². The maximum absolute atomic E-state index is 12.0. The molecule has 116 valence electrons. The summed E-state index contributed by atoms with van der Waals surface area (Å²) in [5, 5.41) is 2.70. The summed E-state index contributed by atoms with van der Waals surface area (Å²) in [5.41, 5.74) is 0.0489. The number of furan rings is 1. The van der Waals surface area contributed by atoms with Crippen LogP contribution in [0.1, 0.15) is 31.9 Å². The lowest BCUT2D eigenvalue weighted by atomic mass is 10.1. The maximum atomic E-state index is 12.0. The number of rotatable bonds is 8. The molecule has 0 saturated heterocycles. The summed E-state index contributed by atoms with van der Waals surface area (Å²) in [6, 6.07) is 3.62. The quantitative estimate of drug-likeness (QED) is 0.746. The van der Waals surface area contributed by atoms with E-state index in [1.165, 1.54) is 7.11 Å². The highest BCUT2D eigenvalue weighted by Gasteiger charge is 2.45. The second-order valence-electron chi connectivity index (χ2n) is 5.50. The number of hydrogen-bond acceptors (Lipinski definition) is 5. The predicted molar refractivity (Wildman–Crippen MR) is 80.8 cm³/mol. The first-order valence-electron chi connectivity index (χ1n) is 7.03. The lowest BCUT2D eigenvalue weighted by Gasteiger charge is -2.16. The zero-order valence-corrected chi connectivity index (χ0v) is 13.2. The van der Waals surface area contributed by atoms with Crippen LogP contribution in [0.2, 0.25) is 0 Å². The van der Waals surface area contributed by atoms with Crippen LogP contribution in [0.15, 0.2) is 22.8 Å². The van der Waals surface area contributed by atoms with Crippen LogP contribution in [-0.2, 0) is 20.9 Å². The van der Waals surface area contributed by atoms with Crippen LogP contribution in [0.25, 0.3) is 0 Å². The summed E-state index contributed by atoms with van der Waals surface area (Å²) in [7, 11) is 1.41. The van der Waals surface area contributed by atoms with Crippen molar-refractivity contribution >= 4 is 23.6 Å². The van der Waals surface area contributed by atoms with Crippen molar-refractivity contribution in [3.63, 3.8) is 0 Å². The van der Waals surface area contributed by atoms with Crippen molar-refractivity contribution in [3.8, 4) is 0 Å². The van der Waals surface area contributed by atoms with Gasteiger partial charge < -0.3 is 14.5 Å². The molecule has 1 unspecified atom stereocenters. The third-order valence-electron chi connectivity index (χ3n) is 3.73. The molecule has 0 bridgehead atoms. The summed E-state index contributed by atoms with van der Waals surface area (Å²) >= 11 is 1.59. The van der Waals surface area contributed by atoms with Crippen molar-refractivity contribution in [1.29, 1.82) is 0 Å². The Bertz CT molecular complexity index is 482. The number of carbonyl (C=O) groups is 2. The molecule has 1 aromatic heterocycles. The second-order valence-corrected chi connectivity index (χ2v) is 6.83. The molecular weight excluding hydrogens is 290 g/mol. The molecule has 1 saturated carbocycles. The van der Waals surface area contributed by atoms with Gasteiger partial charge in [0.2, 0.25) is 5.91 Å². The van der Waals surface area contributed by atoms with Gasteiger partial charge in [0, 0.05) is 5.75 Å². The maximum Gasteiger partial charge on any atom is 0.306 e. The Morgan fingerprint density at radius 2 is 2.29 bits per heavy atom. The highest BCUT2D eigenvalue weighted by atomic mass is 32.2. The van der Waals surface area contributed by atoms with Crippen LogP contribution in [-0.4, -0.2) is 30.0 Å². The fraction of sp³-hybridized carbons (Fsp3) is 0.600. The molecule has 1 atom stereocenters. The normalized spacial score (nSPS) is 17.0. The number of hydrogen-bond donors (Lipinski definition) is 1. The smallest absolute Gasteiger partial charge is 0.306 e. The van der Waals surface area contributed by atoms with Gasteiger partial charge in [-0.05, 0) is 37.3 Å². The molecule has 2 rings (SSSR count). The minimum atomic E-state index is -0.164. The Balaban J connectivity index is 1.70. The zero-order chi connectivity index (χ0) is 15.3. The summed E-state index contributed by atoms with van der Waals surface area (Å²) in [5.74, 6) is 1.38. The molecule has 1 aromatic rings. The molecular formula is C15H21NO4S. The van der Waals surface area contributed by atoms with Gasteiger partial charge in [0.25, 0.3) is 0 Å². The van der Waals surface area contributed by atoms with Gasteiger partial charge in [-0.2, -0.15) is 0 Å². The predicted octanol–water partition coefficient (Wildman–Crippen LogP) is 2.36. The van der Waals surface area contributed by atoms with E-state index in [9.17, 15) is 9.59 Å². The fourth-order valence-corrected chi connectivity index (χ4v) is 3.26. The monoisotopic (exact) mass is 311 g/mol. The van der Waals surface area contributed by atoms with E-state index in [1.807, 2.05) is 13.0 Å². The fourth-order valence-electron chi connectivity index (χ4n) is 2.04. The summed E-state index contributed by atoms with van der Waals surface area (Å²) < 4.78 is 9.89. The van der Waals surface area contributed by atoms with Crippen LogP contribution >= 0.6 is 11.8 Å². The molecule has 0 aromatic carbocycles. The Kier molecular flexibility index (Phi) is 5.33. The molecule has 1 N–H and O–H groups in total. The molecule has 0 aliphatic heterocycles. The van der Waals surface area contributed by atoms with Crippen molar-refractivity contribution in [3.05, 3.63) is 24.2 Å². The third kappa shape index (κ3) is 4.81. The molecule has 1 aliphatic rings. The van der Waals surface area contributed by atoms with Crippen LogP contribution < -0.4 is 5.32 Å². The lowest BCUT2D eigenvalue weighted by Crippen LogP contribution is -2.31. The van der Waals surface area contributed by atoms with Gasteiger partial charge in [-0.15, -0.1) is 11.8 Å². The molecule has 1 aliphatic carbocycles. The van der Waals surface area contributed by atoms with E-state index in [1.54, 1.807) is 24.1 Å². The van der Waals surface area contributed by atoms with Gasteiger partial charge in [0.05, 0.1) is 31.6 Å². The lowest BCUT2D eigenvalue weighted by molar-refractivity contribution is -0.141. The van der Waals surface area contributed by atoms with Gasteiger partial charge in [-0.1, -0.05) is 0 Å². The largest absolute Gasteiger partial charge is 0.469 e. The average molecular weight is 311 g/mol. The third-order valence-corrected chi connectivity index (χ3v) is 5.22. The SMILES string of the molecule is COC(=O)CC1(CSC(C)C(=O)NCc2ccco2)CC1. The summed E-state index contributed by atoms with van der Waals surface area (Å²) in [4.78, 5) is 23.3. The highest BCUT2D eigenvalue weighted by molar-refractivity contribution is 8.00. The molecule has 1 fully saturated rings. The average Bonchev–Trinajstić information content (AvgIpc) is 3.04. The Morgan fingerprint density at radius 3 is 2.86 bits per heavy atom. The van der Waals surface area contributed by atoms with Crippen molar-refractivity contribution in [1.82, 2.24) is 5.32 Å². The van der Waals surface area contributed by atoms with Crippen molar-refractivity contribution in [2.75, 3.05) is 12.9 Å². The first-order valence-corrected chi connectivity index (χ1v) is 8.08. The molecule has 0 spiro atoms. The Morgan fingerprint density at radius 1 is 1.52 bits per heavy atom. The topological polar surface area (TPSA) is 68.5 Å². The summed E-state index contributed by atoms with van der Waals surface area (Å²) in [6.45, 7) is 2.29. The van der Waals surface area contributed by atoms with Gasteiger partial charge in [-0.3, -0.25) is 9.59 Å². The van der Waals surface area contributed by atoms with Crippen LogP contribution in [0.3, 0.4) is 0 Å². The first-order chi connectivity index (χ1) is 10.0. The van der Waals surface area contributed by atoms with E-state index in [-0.39, 0.29) is 22.5 Å². The zero-order valence-electron chi connectivity index (χ0n) is 12.4. The minimum absolute atomic E-state index is 0.00901. The highest BCUT2D eigenvalue weighted by Crippen LogP contribution is 2.51. The number of ether oxygens (including phenoxy) is 1. The van der Waals surface area contributed by atoms with E-state index in [2.05, 4.69) is 5.32 Å². The number of carbonyl (C=O) groups excluding carboxylic acids is 2. The summed E-state index contributed by atoms with van der Waals surface area (Å²) in [6.07, 6.45) is 4.12. The number of nitrogens with one attached hydrogen (secondary N) is 1.